The SMILES string of the molecule is COC(=O)N(Cc1cc(C(F)(F)F)cc(C(F)(F)F)c1)Cc1cc(C(F)(F)F)ccc1-c1cc(C(F)(F)F)ccc1OC. The number of ether oxygens (including phenoxy) is 2. The van der Waals surface area contributed by atoms with Crippen LogP contribution >= 0.6 is 0 Å². The van der Waals surface area contributed by atoms with Crippen molar-refractivity contribution >= 4 is 6.09 Å². The lowest BCUT2D eigenvalue weighted by Crippen LogP contribution is -2.30. The molecule has 0 heterocycles. The Labute approximate surface area is 235 Å². The number of amides is 1. The summed E-state index contributed by atoms with van der Waals surface area (Å²) in [6.45, 7) is -1.96. The molecule has 43 heavy (non-hydrogen) atoms. The molecule has 0 fully saturated rings. The number of alkyl halides is 12. The number of carbonyl (C=O) groups is 1. The fourth-order valence-corrected chi connectivity index (χ4v) is 4.11. The van der Waals surface area contributed by atoms with E-state index in [1.54, 1.807) is 0 Å². The molecule has 3 aromatic carbocycles. The third-order valence-corrected chi connectivity index (χ3v) is 6.06. The lowest BCUT2D eigenvalue weighted by atomic mass is 9.94. The standard InChI is InChI=1S/C27H19F12NO3/c1-42-22-6-4-17(25(31,32)33)11-21(22)20-5-3-16(24(28,29)30)9-15(20)13-40(23(41)43-2)12-14-7-18(26(34,35)36)10-19(8-14)27(37,38)39/h3-11H,12-13H2,1-2H3. The first kappa shape index (κ1) is 33.4. The molecule has 0 atom stereocenters. The number of rotatable bonds is 6. The van der Waals surface area contributed by atoms with Gasteiger partial charge in [0.25, 0.3) is 0 Å². The van der Waals surface area contributed by atoms with Crippen molar-refractivity contribution in [3.05, 3.63) is 88.0 Å². The Bertz CT molecular complexity index is 1440. The van der Waals surface area contributed by atoms with Gasteiger partial charge in [0.15, 0.2) is 0 Å². The number of hydrogen-bond donors (Lipinski definition) is 0. The number of hydrogen-bond acceptors (Lipinski definition) is 3. The van der Waals surface area contributed by atoms with Crippen LogP contribution in [0.5, 0.6) is 5.75 Å². The Kier molecular flexibility index (Phi) is 9.22. The van der Waals surface area contributed by atoms with E-state index in [0.29, 0.717) is 41.3 Å². The summed E-state index contributed by atoms with van der Waals surface area (Å²) in [7, 11) is 1.87. The van der Waals surface area contributed by atoms with Gasteiger partial charge in [-0.25, -0.2) is 4.79 Å². The summed E-state index contributed by atoms with van der Waals surface area (Å²) in [6.07, 6.45) is -21.7. The van der Waals surface area contributed by atoms with Crippen LogP contribution in [-0.2, 0) is 42.5 Å². The Hall–Kier alpha value is -4.11. The molecule has 0 bridgehead atoms. The average molecular weight is 633 g/mol. The molecular formula is C27H19F12NO3. The number of halogens is 12. The topological polar surface area (TPSA) is 38.8 Å². The molecular weight excluding hydrogens is 614 g/mol. The maximum atomic E-state index is 13.6. The van der Waals surface area contributed by atoms with Crippen molar-refractivity contribution < 1.29 is 67.0 Å². The van der Waals surface area contributed by atoms with Gasteiger partial charge in [-0.3, -0.25) is 4.90 Å². The highest BCUT2D eigenvalue weighted by molar-refractivity contribution is 5.76. The fraction of sp³-hybridized carbons (Fsp3) is 0.296. The number of nitrogens with zero attached hydrogens (tertiary/aromatic N) is 1. The third-order valence-electron chi connectivity index (χ3n) is 6.06. The zero-order valence-corrected chi connectivity index (χ0v) is 21.8. The molecule has 0 radical (unpaired) electrons. The van der Waals surface area contributed by atoms with Crippen LogP contribution in [0, 0.1) is 0 Å². The Morgan fingerprint density at radius 3 is 1.56 bits per heavy atom. The van der Waals surface area contributed by atoms with Crippen molar-refractivity contribution in [1.29, 1.82) is 0 Å². The normalized spacial score (nSPS) is 12.7. The first-order chi connectivity index (χ1) is 19.6. The van der Waals surface area contributed by atoms with Gasteiger partial charge in [0.1, 0.15) is 5.75 Å². The Morgan fingerprint density at radius 2 is 1.09 bits per heavy atom. The number of methoxy groups -OCH3 is 2. The molecule has 3 aromatic rings. The largest absolute Gasteiger partial charge is 0.496 e. The Balaban J connectivity index is 2.21. The van der Waals surface area contributed by atoms with Gasteiger partial charge in [-0.15, -0.1) is 0 Å². The highest BCUT2D eigenvalue weighted by Gasteiger charge is 2.38. The van der Waals surface area contributed by atoms with Crippen molar-refractivity contribution in [2.75, 3.05) is 14.2 Å². The van der Waals surface area contributed by atoms with E-state index in [-0.39, 0.29) is 22.9 Å². The average Bonchev–Trinajstić information content (AvgIpc) is 2.89. The lowest BCUT2D eigenvalue weighted by molar-refractivity contribution is -0.143. The first-order valence-corrected chi connectivity index (χ1v) is 11.7. The van der Waals surface area contributed by atoms with E-state index < -0.39 is 77.3 Å². The molecule has 4 nitrogen and oxygen atoms in total. The summed E-state index contributed by atoms with van der Waals surface area (Å²) >= 11 is 0. The molecule has 0 saturated heterocycles. The molecule has 0 aliphatic carbocycles. The van der Waals surface area contributed by atoms with Gasteiger partial charge in [-0.05, 0) is 65.2 Å². The molecule has 1 amide bonds. The summed E-state index contributed by atoms with van der Waals surface area (Å²) in [4.78, 5) is 13.1. The van der Waals surface area contributed by atoms with Crippen molar-refractivity contribution in [3.8, 4) is 16.9 Å². The second-order valence-electron chi connectivity index (χ2n) is 9.02. The summed E-state index contributed by atoms with van der Waals surface area (Å²) in [5, 5.41) is 0. The van der Waals surface area contributed by atoms with Crippen LogP contribution in [0.4, 0.5) is 57.5 Å². The minimum Gasteiger partial charge on any atom is -0.496 e. The monoisotopic (exact) mass is 633 g/mol. The van der Waals surface area contributed by atoms with Crippen LogP contribution in [-0.4, -0.2) is 25.2 Å². The predicted octanol–water partition coefficient (Wildman–Crippen LogP) is 9.21. The van der Waals surface area contributed by atoms with Gasteiger partial charge in [-0.1, -0.05) is 6.07 Å². The molecule has 3 rings (SSSR count). The summed E-state index contributed by atoms with van der Waals surface area (Å²) in [5.41, 5.74) is -7.78. The second kappa shape index (κ2) is 11.9. The van der Waals surface area contributed by atoms with E-state index in [4.69, 9.17) is 4.74 Å². The molecule has 0 aliphatic rings. The van der Waals surface area contributed by atoms with Crippen LogP contribution in [0.25, 0.3) is 11.1 Å². The minimum atomic E-state index is -5.24. The summed E-state index contributed by atoms with van der Waals surface area (Å²) in [6, 6.07) is 4.44. The maximum absolute atomic E-state index is 13.6. The highest BCUT2D eigenvalue weighted by Crippen LogP contribution is 2.41. The summed E-state index contributed by atoms with van der Waals surface area (Å²) < 4.78 is 171. The molecule has 0 aliphatic heterocycles. The third kappa shape index (κ3) is 8.04. The van der Waals surface area contributed by atoms with E-state index in [1.165, 1.54) is 0 Å². The van der Waals surface area contributed by atoms with Gasteiger partial charge in [-0.2, -0.15) is 52.7 Å². The quantitative estimate of drug-likeness (QED) is 0.254. The zero-order valence-electron chi connectivity index (χ0n) is 21.8. The van der Waals surface area contributed by atoms with Crippen molar-refractivity contribution in [2.24, 2.45) is 0 Å². The van der Waals surface area contributed by atoms with E-state index in [0.717, 1.165) is 26.4 Å². The van der Waals surface area contributed by atoms with Crippen molar-refractivity contribution in [1.82, 2.24) is 4.90 Å². The van der Waals surface area contributed by atoms with Crippen LogP contribution < -0.4 is 4.74 Å². The van der Waals surface area contributed by atoms with E-state index in [9.17, 15) is 57.5 Å². The van der Waals surface area contributed by atoms with Crippen LogP contribution in [0.2, 0.25) is 0 Å². The van der Waals surface area contributed by atoms with E-state index >= 15 is 0 Å². The summed E-state index contributed by atoms with van der Waals surface area (Å²) in [5.74, 6) is -0.216. The van der Waals surface area contributed by atoms with Crippen molar-refractivity contribution in [3.63, 3.8) is 0 Å². The molecule has 0 unspecified atom stereocenters. The number of benzene rings is 3. The van der Waals surface area contributed by atoms with Gasteiger partial charge in [0.2, 0.25) is 0 Å². The predicted molar refractivity (Wildman–Crippen MR) is 127 cm³/mol. The van der Waals surface area contributed by atoms with Gasteiger partial charge in [0.05, 0.1) is 36.5 Å². The lowest BCUT2D eigenvalue weighted by Gasteiger charge is -2.25. The minimum absolute atomic E-state index is 0.156. The molecule has 16 heteroatoms. The molecule has 0 aromatic heterocycles. The smallest absolute Gasteiger partial charge is 0.416 e. The first-order valence-electron chi connectivity index (χ1n) is 11.7. The molecule has 0 saturated carbocycles. The van der Waals surface area contributed by atoms with Crippen molar-refractivity contribution in [2.45, 2.75) is 37.8 Å². The van der Waals surface area contributed by atoms with Crippen LogP contribution in [0.1, 0.15) is 33.4 Å². The zero-order chi connectivity index (χ0) is 32.5. The highest BCUT2D eigenvalue weighted by atomic mass is 19.4. The van der Waals surface area contributed by atoms with Gasteiger partial charge < -0.3 is 9.47 Å². The van der Waals surface area contributed by atoms with Crippen LogP contribution in [0.3, 0.4) is 0 Å². The number of carbonyl (C=O) groups excluding carboxylic acids is 1. The van der Waals surface area contributed by atoms with Gasteiger partial charge >= 0.3 is 30.8 Å². The van der Waals surface area contributed by atoms with Gasteiger partial charge in [0, 0.05) is 18.7 Å². The second-order valence-corrected chi connectivity index (χ2v) is 9.02. The fourth-order valence-electron chi connectivity index (χ4n) is 4.11. The van der Waals surface area contributed by atoms with Crippen LogP contribution in [0.15, 0.2) is 54.6 Å². The molecule has 0 spiro atoms. The maximum Gasteiger partial charge on any atom is 0.416 e. The molecule has 234 valence electrons. The Morgan fingerprint density at radius 1 is 0.605 bits per heavy atom. The van der Waals surface area contributed by atoms with E-state index in [2.05, 4.69) is 4.74 Å². The van der Waals surface area contributed by atoms with E-state index in [1.807, 2.05) is 0 Å². The molecule has 0 N–H and O–H groups in total.